The van der Waals surface area contributed by atoms with Crippen LogP contribution in [-0.2, 0) is 19.1 Å². The smallest absolute Gasteiger partial charge is 0.338 e. The van der Waals surface area contributed by atoms with E-state index in [9.17, 15) is 24.0 Å². The van der Waals surface area contributed by atoms with Gasteiger partial charge in [-0.2, -0.15) is 0 Å². The Kier molecular flexibility index (Phi) is 8.12. The standard InChI is InChI=1S/C36H30ClN3O7S2/c1-2-46-35(44)17-7-13-20(14-8-17)40-33(42)28-22-15-23(29(28)34(40)43)30-27(22)26(31-32(48-30)39-36(45)49-31)21-5-3-4-6-24(21)47-16-25(41)38-19-11-9-18(37)10-12-19/h3-14,22-23,26-30H,2,15-16H2,1H3,(H,38,41)(H,39,45)/t22?,23?,26-,27?,28?,29?,30?/m1/s1. The zero-order valence-electron chi connectivity index (χ0n) is 26.1. The first kappa shape index (κ1) is 31.9. The number of H-pyrrole nitrogens is 1. The Bertz CT molecular complexity index is 2050. The number of esters is 1. The zero-order valence-corrected chi connectivity index (χ0v) is 28.5. The summed E-state index contributed by atoms with van der Waals surface area (Å²) in [6.07, 6.45) is 0.729. The lowest BCUT2D eigenvalue weighted by Gasteiger charge is -2.43. The van der Waals surface area contributed by atoms with Crippen molar-refractivity contribution in [2.24, 2.45) is 29.6 Å². The molecule has 3 aromatic carbocycles. The van der Waals surface area contributed by atoms with Crippen molar-refractivity contribution < 1.29 is 28.7 Å². The highest BCUT2D eigenvalue weighted by molar-refractivity contribution is 8.00. The molecule has 0 spiro atoms. The number of anilines is 2. The van der Waals surface area contributed by atoms with E-state index < -0.39 is 17.8 Å². The Morgan fingerprint density at radius 3 is 2.41 bits per heavy atom. The summed E-state index contributed by atoms with van der Waals surface area (Å²) in [5.41, 5.74) is 2.21. The third kappa shape index (κ3) is 5.37. The van der Waals surface area contributed by atoms with E-state index in [1.165, 1.54) is 4.90 Å². The number of para-hydroxylation sites is 1. The molecule has 2 aliphatic heterocycles. The number of ether oxygens (including phenoxy) is 2. The number of thiazole rings is 1. The summed E-state index contributed by atoms with van der Waals surface area (Å²) in [7, 11) is 0. The monoisotopic (exact) mass is 715 g/mol. The lowest BCUT2D eigenvalue weighted by Crippen LogP contribution is -2.42. The maximum atomic E-state index is 14.2. The van der Waals surface area contributed by atoms with Crippen LogP contribution in [0.3, 0.4) is 0 Å². The molecule has 0 radical (unpaired) electrons. The van der Waals surface area contributed by atoms with Crippen molar-refractivity contribution in [1.29, 1.82) is 0 Å². The molecule has 3 fully saturated rings. The average Bonchev–Trinajstić information content (AvgIpc) is 3.84. The molecule has 4 aliphatic rings. The first-order chi connectivity index (χ1) is 23.7. The van der Waals surface area contributed by atoms with Gasteiger partial charge < -0.3 is 19.8 Å². The van der Waals surface area contributed by atoms with E-state index in [-0.39, 0.29) is 64.7 Å². The normalized spacial score (nSPS) is 26.2. The Balaban J connectivity index is 1.09. The van der Waals surface area contributed by atoms with Crippen molar-refractivity contribution in [3.05, 3.63) is 103 Å². The van der Waals surface area contributed by atoms with Gasteiger partial charge in [-0.25, -0.2) is 4.79 Å². The minimum atomic E-state index is -0.498. The summed E-state index contributed by atoms with van der Waals surface area (Å²) >= 11 is 8.73. The second-order valence-electron chi connectivity index (χ2n) is 12.6. The van der Waals surface area contributed by atoms with Crippen molar-refractivity contribution in [3.63, 3.8) is 0 Å². The van der Waals surface area contributed by atoms with Crippen LogP contribution < -0.4 is 19.8 Å². The van der Waals surface area contributed by atoms with Crippen molar-refractivity contribution in [2.45, 2.75) is 29.5 Å². The first-order valence-electron chi connectivity index (χ1n) is 16.0. The van der Waals surface area contributed by atoms with E-state index in [1.54, 1.807) is 67.2 Å². The number of rotatable bonds is 8. The van der Waals surface area contributed by atoms with Crippen molar-refractivity contribution >= 4 is 69.8 Å². The maximum Gasteiger partial charge on any atom is 0.338 e. The molecule has 49 heavy (non-hydrogen) atoms. The maximum absolute atomic E-state index is 14.2. The summed E-state index contributed by atoms with van der Waals surface area (Å²) in [6, 6.07) is 20.7. The van der Waals surface area contributed by atoms with Gasteiger partial charge in [0.25, 0.3) is 5.91 Å². The Morgan fingerprint density at radius 2 is 1.67 bits per heavy atom. The van der Waals surface area contributed by atoms with Crippen LogP contribution in [0.2, 0.25) is 5.02 Å². The molecule has 8 rings (SSSR count). The number of hydrogen-bond acceptors (Lipinski definition) is 9. The van der Waals surface area contributed by atoms with Crippen molar-refractivity contribution in [2.75, 3.05) is 23.4 Å². The highest BCUT2D eigenvalue weighted by Crippen LogP contribution is 2.69. The molecule has 3 heterocycles. The number of benzene rings is 3. The number of thioether (sulfide) groups is 1. The molecule has 2 saturated carbocycles. The Morgan fingerprint density at radius 1 is 0.959 bits per heavy atom. The SMILES string of the molecule is CCOC(=O)c1ccc(N2C(=O)C3C4CC(C3C2=O)C2C4Sc3[nH]c(=O)sc3[C@@H]2c2ccccc2OCC(=O)Nc2ccc(Cl)cc2)cc1. The van der Waals surface area contributed by atoms with Gasteiger partial charge in [0.1, 0.15) is 5.75 Å². The predicted octanol–water partition coefficient (Wildman–Crippen LogP) is 5.96. The third-order valence-electron chi connectivity index (χ3n) is 10.1. The fourth-order valence-electron chi connectivity index (χ4n) is 8.32. The molecule has 2 aliphatic carbocycles. The highest BCUT2D eigenvalue weighted by atomic mass is 35.5. The molecule has 10 nitrogen and oxygen atoms in total. The molecule has 1 aromatic heterocycles. The van der Waals surface area contributed by atoms with E-state index in [0.29, 0.717) is 27.7 Å². The van der Waals surface area contributed by atoms with Gasteiger partial charge in [-0.3, -0.25) is 24.1 Å². The van der Waals surface area contributed by atoms with Crippen LogP contribution in [0.1, 0.15) is 40.1 Å². The third-order valence-corrected chi connectivity index (χ3v) is 12.9. The van der Waals surface area contributed by atoms with Crippen molar-refractivity contribution in [3.8, 4) is 5.75 Å². The summed E-state index contributed by atoms with van der Waals surface area (Å²) in [5.74, 6) is -2.20. The predicted molar refractivity (Wildman–Crippen MR) is 185 cm³/mol. The van der Waals surface area contributed by atoms with Gasteiger partial charge in [0.15, 0.2) is 6.61 Å². The molecule has 2 bridgehead atoms. The van der Waals surface area contributed by atoms with Crippen LogP contribution in [0.5, 0.6) is 5.75 Å². The molecule has 1 saturated heterocycles. The quantitative estimate of drug-likeness (QED) is 0.169. The van der Waals surface area contributed by atoms with Crippen LogP contribution in [0.4, 0.5) is 11.4 Å². The number of carbonyl (C=O) groups is 4. The van der Waals surface area contributed by atoms with Crippen LogP contribution in [0, 0.1) is 29.6 Å². The summed E-state index contributed by atoms with van der Waals surface area (Å²) < 4.78 is 11.2. The number of imide groups is 1. The molecule has 7 atom stereocenters. The van der Waals surface area contributed by atoms with Gasteiger partial charge in [0, 0.05) is 32.3 Å². The van der Waals surface area contributed by atoms with E-state index >= 15 is 0 Å². The topological polar surface area (TPSA) is 135 Å². The largest absolute Gasteiger partial charge is 0.483 e. The summed E-state index contributed by atoms with van der Waals surface area (Å²) in [5, 5.41) is 4.14. The van der Waals surface area contributed by atoms with Gasteiger partial charge in [-0.1, -0.05) is 41.1 Å². The molecule has 4 aromatic rings. The van der Waals surface area contributed by atoms with Crippen LogP contribution in [0.25, 0.3) is 0 Å². The molecule has 13 heteroatoms. The van der Waals surface area contributed by atoms with Gasteiger partial charge in [-0.15, -0.1) is 11.8 Å². The Hall–Kier alpha value is -4.39. The number of aromatic nitrogens is 1. The number of aromatic amines is 1. The minimum Gasteiger partial charge on any atom is -0.483 e. The van der Waals surface area contributed by atoms with E-state index in [1.807, 2.05) is 24.3 Å². The van der Waals surface area contributed by atoms with E-state index in [2.05, 4.69) is 10.3 Å². The zero-order chi connectivity index (χ0) is 34.0. The van der Waals surface area contributed by atoms with Crippen molar-refractivity contribution in [1.82, 2.24) is 4.98 Å². The van der Waals surface area contributed by atoms with Gasteiger partial charge in [0.05, 0.1) is 34.7 Å². The fourth-order valence-corrected chi connectivity index (χ4v) is 11.3. The summed E-state index contributed by atoms with van der Waals surface area (Å²) in [6.45, 7) is 1.74. The number of carbonyl (C=O) groups excluding carboxylic acids is 4. The van der Waals surface area contributed by atoms with Crippen LogP contribution >= 0.6 is 34.7 Å². The number of fused-ring (bicyclic) bond motifs is 9. The lowest BCUT2D eigenvalue weighted by molar-refractivity contribution is -0.123. The number of nitrogens with zero attached hydrogens (tertiary/aromatic N) is 1. The molecule has 250 valence electrons. The minimum absolute atomic E-state index is 0.0156. The second-order valence-corrected chi connectivity index (χ2v) is 15.3. The number of hydrogen-bond donors (Lipinski definition) is 2. The van der Waals surface area contributed by atoms with Gasteiger partial charge in [-0.05, 0) is 85.7 Å². The Labute approximate surface area is 294 Å². The molecule has 2 N–H and O–H groups in total. The van der Waals surface area contributed by atoms with Crippen LogP contribution in [-0.4, -0.2) is 47.1 Å². The molecular formula is C36H30ClN3O7S2. The lowest BCUT2D eigenvalue weighted by atomic mass is 9.68. The summed E-state index contributed by atoms with van der Waals surface area (Å²) in [4.78, 5) is 71.0. The molecule has 6 unspecified atom stereocenters. The van der Waals surface area contributed by atoms with Gasteiger partial charge in [0.2, 0.25) is 11.8 Å². The number of nitrogens with one attached hydrogen (secondary N) is 2. The molecule has 3 amide bonds. The highest BCUT2D eigenvalue weighted by Gasteiger charge is 2.69. The average molecular weight is 716 g/mol. The number of amides is 3. The molecular weight excluding hydrogens is 686 g/mol. The number of halogens is 1. The van der Waals surface area contributed by atoms with E-state index in [4.69, 9.17) is 21.1 Å². The van der Waals surface area contributed by atoms with E-state index in [0.717, 1.165) is 33.2 Å². The fraction of sp³-hybridized carbons (Fsp3) is 0.306. The van der Waals surface area contributed by atoms with Crippen LogP contribution in [0.15, 0.2) is 82.6 Å². The van der Waals surface area contributed by atoms with Gasteiger partial charge >= 0.3 is 10.8 Å². The second kappa shape index (κ2) is 12.5. The first-order valence-corrected chi connectivity index (χ1v) is 18.1.